The second kappa shape index (κ2) is 11.3. The number of carbonyl (C=O) groups excluding carboxylic acids is 1. The van der Waals surface area contributed by atoms with E-state index in [-0.39, 0.29) is 0 Å². The normalized spacial score (nSPS) is 12.5. The number of aromatic nitrogens is 2. The summed E-state index contributed by atoms with van der Waals surface area (Å²) in [7, 11) is 0. The van der Waals surface area contributed by atoms with E-state index in [4.69, 9.17) is 0 Å². The van der Waals surface area contributed by atoms with Gasteiger partial charge in [0, 0.05) is 18.3 Å². The number of carbonyl (C=O) groups is 1. The molecule has 0 aliphatic carbocycles. The second-order valence-electron chi connectivity index (χ2n) is 6.65. The number of nitrogens with zero attached hydrogens (tertiary/aromatic N) is 2. The molecule has 4 heteroatoms. The van der Waals surface area contributed by atoms with Crippen molar-refractivity contribution in [3.63, 3.8) is 0 Å². The first-order chi connectivity index (χ1) is 11.1. The molecule has 4 nitrogen and oxygen atoms in total. The Morgan fingerprint density at radius 3 is 2.39 bits per heavy atom. The Morgan fingerprint density at radius 2 is 1.78 bits per heavy atom. The van der Waals surface area contributed by atoms with Gasteiger partial charge in [-0.15, -0.1) is 0 Å². The lowest BCUT2D eigenvalue weighted by molar-refractivity contribution is -0.708. The lowest BCUT2D eigenvalue weighted by Gasteiger charge is -2.11. The first-order valence-corrected chi connectivity index (χ1v) is 9.38. The van der Waals surface area contributed by atoms with Crippen molar-refractivity contribution in [3.05, 3.63) is 18.2 Å². The summed E-state index contributed by atoms with van der Waals surface area (Å²) in [4.78, 5) is 11.0. The smallest absolute Gasteiger partial charge is 0.256 e. The Balaban J connectivity index is 2.52. The van der Waals surface area contributed by atoms with E-state index in [1.807, 2.05) is 6.20 Å². The summed E-state index contributed by atoms with van der Waals surface area (Å²) in [5, 5.41) is 11.0. The molecule has 1 heterocycles. The Kier molecular flexibility index (Phi) is 9.65. The fourth-order valence-corrected chi connectivity index (χ4v) is 3.01. The predicted molar refractivity (Wildman–Crippen MR) is 90.8 cm³/mol. The van der Waals surface area contributed by atoms with Gasteiger partial charge in [-0.05, 0) is 12.8 Å². The summed E-state index contributed by atoms with van der Waals surface area (Å²) in [5.41, 5.74) is 0. The van der Waals surface area contributed by atoms with Crippen LogP contribution in [0.15, 0.2) is 12.4 Å². The largest absolute Gasteiger partial charge is 0.550 e. The monoisotopic (exact) mass is 322 g/mol. The van der Waals surface area contributed by atoms with Crippen LogP contribution in [0.1, 0.15) is 78.0 Å². The van der Waals surface area contributed by atoms with Crippen molar-refractivity contribution in [1.82, 2.24) is 4.57 Å². The Labute approximate surface area is 141 Å². The Morgan fingerprint density at radius 1 is 1.13 bits per heavy atom. The van der Waals surface area contributed by atoms with E-state index in [1.165, 1.54) is 50.8 Å². The highest BCUT2D eigenvalue weighted by atomic mass is 16.4. The van der Waals surface area contributed by atoms with Gasteiger partial charge in [-0.25, -0.2) is 9.13 Å². The van der Waals surface area contributed by atoms with Gasteiger partial charge in [-0.2, -0.15) is 0 Å². The van der Waals surface area contributed by atoms with Gasteiger partial charge in [0.1, 0.15) is 12.4 Å². The molecule has 132 valence electrons. The van der Waals surface area contributed by atoms with Crippen LogP contribution in [0.5, 0.6) is 0 Å². The minimum Gasteiger partial charge on any atom is -0.550 e. The summed E-state index contributed by atoms with van der Waals surface area (Å²) in [6.07, 6.45) is 15.3. The molecule has 0 aromatic carbocycles. The van der Waals surface area contributed by atoms with Crippen LogP contribution >= 0.6 is 0 Å². The van der Waals surface area contributed by atoms with E-state index >= 15 is 0 Å². The highest BCUT2D eigenvalue weighted by molar-refractivity contribution is 5.66. The van der Waals surface area contributed by atoms with Crippen molar-refractivity contribution in [3.8, 4) is 0 Å². The van der Waals surface area contributed by atoms with Crippen molar-refractivity contribution in [2.75, 3.05) is 0 Å². The van der Waals surface area contributed by atoms with Crippen LogP contribution in [0.3, 0.4) is 0 Å². The maximum atomic E-state index is 11.0. The highest BCUT2D eigenvalue weighted by Crippen LogP contribution is 2.10. The SMILES string of the molecule is CCCCCCCCCc1n(CCC)cc[n+]1CC(C)C(=O)[O-]. The number of imidazole rings is 1. The summed E-state index contributed by atoms with van der Waals surface area (Å²) in [5.74, 6) is -0.165. The molecule has 0 aliphatic rings. The van der Waals surface area contributed by atoms with Crippen LogP contribution in [0.4, 0.5) is 0 Å². The van der Waals surface area contributed by atoms with Crippen LogP contribution < -0.4 is 9.67 Å². The fraction of sp³-hybridized carbons (Fsp3) is 0.789. The molecule has 0 saturated carbocycles. The first-order valence-electron chi connectivity index (χ1n) is 9.38. The number of carboxylic acids is 1. The molecule has 1 unspecified atom stereocenters. The van der Waals surface area contributed by atoms with E-state index in [0.29, 0.717) is 6.54 Å². The van der Waals surface area contributed by atoms with Gasteiger partial charge in [-0.1, -0.05) is 59.3 Å². The van der Waals surface area contributed by atoms with Gasteiger partial charge in [0.25, 0.3) is 5.82 Å². The number of aliphatic carboxylic acids is 1. The van der Waals surface area contributed by atoms with E-state index < -0.39 is 11.9 Å². The molecule has 0 N–H and O–H groups in total. The third-order valence-corrected chi connectivity index (χ3v) is 4.43. The van der Waals surface area contributed by atoms with Crippen LogP contribution in [-0.2, 0) is 24.3 Å². The van der Waals surface area contributed by atoms with Crippen molar-refractivity contribution in [2.45, 2.75) is 91.6 Å². The molecule has 0 radical (unpaired) electrons. The van der Waals surface area contributed by atoms with Crippen molar-refractivity contribution >= 4 is 5.97 Å². The van der Waals surface area contributed by atoms with Crippen LogP contribution in [0, 0.1) is 5.92 Å². The Hall–Kier alpha value is -1.32. The molecule has 23 heavy (non-hydrogen) atoms. The zero-order valence-electron chi connectivity index (χ0n) is 15.2. The maximum absolute atomic E-state index is 11.0. The summed E-state index contributed by atoms with van der Waals surface area (Å²) >= 11 is 0. The topological polar surface area (TPSA) is 48.9 Å². The van der Waals surface area contributed by atoms with Gasteiger partial charge in [-0.3, -0.25) is 0 Å². The molecule has 1 rings (SSSR count). The van der Waals surface area contributed by atoms with Gasteiger partial charge in [0.2, 0.25) is 0 Å². The van der Waals surface area contributed by atoms with E-state index in [1.54, 1.807) is 6.92 Å². The Bertz CT molecular complexity index is 454. The van der Waals surface area contributed by atoms with Gasteiger partial charge < -0.3 is 9.90 Å². The zero-order chi connectivity index (χ0) is 17.1. The molecule has 0 saturated heterocycles. The molecule has 0 spiro atoms. The van der Waals surface area contributed by atoms with Crippen LogP contribution in [0.25, 0.3) is 0 Å². The number of rotatable bonds is 13. The predicted octanol–water partition coefficient (Wildman–Crippen LogP) is 2.86. The first kappa shape index (κ1) is 19.7. The quantitative estimate of drug-likeness (QED) is 0.414. The molecule has 0 fully saturated rings. The third kappa shape index (κ3) is 7.19. The third-order valence-electron chi connectivity index (χ3n) is 4.43. The molecular weight excluding hydrogens is 288 g/mol. The van der Waals surface area contributed by atoms with Crippen molar-refractivity contribution < 1.29 is 14.5 Å². The van der Waals surface area contributed by atoms with Gasteiger partial charge in [0.15, 0.2) is 0 Å². The van der Waals surface area contributed by atoms with Gasteiger partial charge >= 0.3 is 0 Å². The summed E-state index contributed by atoms with van der Waals surface area (Å²) < 4.78 is 4.38. The van der Waals surface area contributed by atoms with Crippen molar-refractivity contribution in [2.24, 2.45) is 5.92 Å². The average molecular weight is 322 g/mol. The highest BCUT2D eigenvalue weighted by Gasteiger charge is 2.18. The lowest BCUT2D eigenvalue weighted by Crippen LogP contribution is -2.45. The van der Waals surface area contributed by atoms with Gasteiger partial charge in [0.05, 0.1) is 13.1 Å². The van der Waals surface area contributed by atoms with E-state index in [9.17, 15) is 9.90 Å². The second-order valence-corrected chi connectivity index (χ2v) is 6.65. The molecule has 0 bridgehead atoms. The minimum absolute atomic E-state index is 0.453. The number of unbranched alkanes of at least 4 members (excludes halogenated alkanes) is 6. The van der Waals surface area contributed by atoms with Crippen LogP contribution in [0.2, 0.25) is 0 Å². The maximum Gasteiger partial charge on any atom is 0.256 e. The average Bonchev–Trinajstić information content (AvgIpc) is 2.89. The molecular formula is C19H34N2O2. The number of aryl methyl sites for hydroxylation is 1. The molecule has 1 aromatic rings. The molecule has 0 amide bonds. The summed E-state index contributed by atoms with van der Waals surface area (Å²) in [6.45, 7) is 7.64. The molecule has 0 aliphatic heterocycles. The van der Waals surface area contributed by atoms with E-state index in [0.717, 1.165) is 19.4 Å². The minimum atomic E-state index is -0.970. The van der Waals surface area contributed by atoms with E-state index in [2.05, 4.69) is 29.2 Å². The zero-order valence-corrected chi connectivity index (χ0v) is 15.2. The summed E-state index contributed by atoms with van der Waals surface area (Å²) in [6, 6.07) is 0. The van der Waals surface area contributed by atoms with Crippen molar-refractivity contribution in [1.29, 1.82) is 0 Å². The molecule has 1 aromatic heterocycles. The number of carboxylic acid groups (broad SMARTS) is 1. The number of hydrogen-bond donors (Lipinski definition) is 0. The standard InChI is InChI=1S/C19H34N2O2/c1-4-6-7-8-9-10-11-12-18-20(13-5-2)14-15-21(18)16-17(3)19(22)23/h14-15,17H,4-13,16H2,1-3H3. The lowest BCUT2D eigenvalue weighted by atomic mass is 10.1. The molecule has 1 atom stereocenters. The number of hydrogen-bond acceptors (Lipinski definition) is 2. The van der Waals surface area contributed by atoms with Crippen LogP contribution in [-0.4, -0.2) is 10.5 Å². The fourth-order valence-electron chi connectivity index (χ4n) is 3.01.